The van der Waals surface area contributed by atoms with E-state index in [0.717, 1.165) is 12.8 Å². The molecule has 2 aliphatic rings. The first kappa shape index (κ1) is 19.8. The number of oxazole rings is 1. The average molecular weight is 388 g/mol. The molecule has 0 radical (unpaired) electrons. The quantitative estimate of drug-likeness (QED) is 0.842. The maximum Gasteiger partial charge on any atom is 0.263 e. The van der Waals surface area contributed by atoms with Gasteiger partial charge in [0.25, 0.3) is 5.89 Å². The summed E-state index contributed by atoms with van der Waals surface area (Å²) in [5.74, 6) is 1.68. The summed E-state index contributed by atoms with van der Waals surface area (Å²) in [5.41, 5.74) is 0.672. The Morgan fingerprint density at radius 2 is 2.04 bits per heavy atom. The highest BCUT2D eigenvalue weighted by molar-refractivity contribution is 5.85. The topological polar surface area (TPSA) is 80.3 Å². The van der Waals surface area contributed by atoms with Crippen LogP contribution in [-0.4, -0.2) is 29.0 Å². The summed E-state index contributed by atoms with van der Waals surface area (Å²) in [7, 11) is 0. The summed E-state index contributed by atoms with van der Waals surface area (Å²) in [6, 6.07) is 4.99. The van der Waals surface area contributed by atoms with Crippen LogP contribution in [0.2, 0.25) is 0 Å². The Bertz CT molecular complexity index is 690. The molecule has 2 saturated heterocycles. The maximum atomic E-state index is 12.3. The number of nitrogens with zero attached hydrogens (tertiary/aromatic N) is 1. The molecule has 0 spiro atoms. The minimum absolute atomic E-state index is 0. The van der Waals surface area contributed by atoms with Crippen LogP contribution in [-0.2, 0) is 11.2 Å². The van der Waals surface area contributed by atoms with Crippen LogP contribution in [0.4, 0.5) is 0 Å². The van der Waals surface area contributed by atoms with Gasteiger partial charge in [0.15, 0.2) is 5.76 Å². The van der Waals surface area contributed by atoms with Gasteiger partial charge >= 0.3 is 0 Å². The van der Waals surface area contributed by atoms with Crippen molar-refractivity contribution in [2.24, 2.45) is 0 Å². The van der Waals surface area contributed by atoms with E-state index in [9.17, 15) is 4.79 Å². The standard InChI is InChI=1S/C17H21N3O3.2ClH/c1-10-14(20-17(23-10)15-3-2-6-22-15)9-16(21)19-13-7-11-4-5-12(8-13)18-11;;/h2-3,6,11-13,18H,4-5,7-9H2,1H3,(H,19,21);2*1H. The van der Waals surface area contributed by atoms with Crippen LogP contribution < -0.4 is 10.6 Å². The number of fused-ring (bicyclic) bond motifs is 2. The first-order chi connectivity index (χ1) is 11.2. The van der Waals surface area contributed by atoms with E-state index in [1.165, 1.54) is 12.8 Å². The number of furan rings is 1. The van der Waals surface area contributed by atoms with Crippen LogP contribution in [0.5, 0.6) is 0 Å². The van der Waals surface area contributed by atoms with E-state index in [4.69, 9.17) is 8.83 Å². The van der Waals surface area contributed by atoms with Gasteiger partial charge in [-0.1, -0.05) is 0 Å². The second kappa shape index (κ2) is 8.25. The summed E-state index contributed by atoms with van der Waals surface area (Å²) in [5, 5.41) is 6.74. The second-order valence-electron chi connectivity index (χ2n) is 6.55. The van der Waals surface area contributed by atoms with Crippen LogP contribution in [0.15, 0.2) is 27.2 Å². The minimum atomic E-state index is 0. The number of rotatable bonds is 4. The van der Waals surface area contributed by atoms with Crippen molar-refractivity contribution in [1.29, 1.82) is 0 Å². The first-order valence-corrected chi connectivity index (χ1v) is 8.23. The molecule has 4 heterocycles. The molecule has 4 rings (SSSR count). The zero-order valence-corrected chi connectivity index (χ0v) is 15.6. The van der Waals surface area contributed by atoms with E-state index < -0.39 is 0 Å². The van der Waals surface area contributed by atoms with Gasteiger partial charge in [-0.3, -0.25) is 4.79 Å². The predicted octanol–water partition coefficient (Wildman–Crippen LogP) is 3.03. The molecular weight excluding hydrogens is 365 g/mol. The molecule has 2 N–H and O–H groups in total. The van der Waals surface area contributed by atoms with Crippen molar-refractivity contribution >= 4 is 30.7 Å². The smallest absolute Gasteiger partial charge is 0.263 e. The molecule has 6 nitrogen and oxygen atoms in total. The lowest BCUT2D eigenvalue weighted by Crippen LogP contribution is -2.48. The molecule has 2 aromatic rings. The van der Waals surface area contributed by atoms with Gasteiger partial charge in [0, 0.05) is 18.1 Å². The van der Waals surface area contributed by atoms with Crippen molar-refractivity contribution in [3.05, 3.63) is 29.9 Å². The summed E-state index contributed by atoms with van der Waals surface area (Å²) in [4.78, 5) is 16.7. The van der Waals surface area contributed by atoms with Gasteiger partial charge in [-0.05, 0) is 44.7 Å². The third-order valence-corrected chi connectivity index (χ3v) is 4.79. The summed E-state index contributed by atoms with van der Waals surface area (Å²) in [6.45, 7) is 1.83. The lowest BCUT2D eigenvalue weighted by atomic mass is 9.99. The Hall–Kier alpha value is -1.50. The Morgan fingerprint density at radius 3 is 2.68 bits per heavy atom. The SMILES string of the molecule is Cc1oc(-c2ccco2)nc1CC(=O)NC1CC2CCC(C1)N2.Cl.Cl. The monoisotopic (exact) mass is 387 g/mol. The third-order valence-electron chi connectivity index (χ3n) is 4.79. The number of aryl methyl sites for hydroxylation is 1. The average Bonchev–Trinajstić information content (AvgIpc) is 3.21. The number of nitrogens with one attached hydrogen (secondary N) is 2. The molecule has 2 unspecified atom stereocenters. The molecule has 1 amide bonds. The van der Waals surface area contributed by atoms with E-state index in [0.29, 0.717) is 35.2 Å². The zero-order valence-electron chi connectivity index (χ0n) is 14.0. The van der Waals surface area contributed by atoms with Gasteiger partial charge in [0.1, 0.15) is 5.76 Å². The van der Waals surface area contributed by atoms with Crippen molar-refractivity contribution in [2.75, 3.05) is 0 Å². The van der Waals surface area contributed by atoms with Crippen LogP contribution >= 0.6 is 24.8 Å². The predicted molar refractivity (Wildman–Crippen MR) is 98.3 cm³/mol. The number of halogens is 2. The molecule has 2 atom stereocenters. The molecule has 25 heavy (non-hydrogen) atoms. The normalized spacial score (nSPS) is 24.3. The van der Waals surface area contributed by atoms with E-state index in [2.05, 4.69) is 15.6 Å². The number of hydrogen-bond acceptors (Lipinski definition) is 5. The lowest BCUT2D eigenvalue weighted by molar-refractivity contribution is -0.121. The van der Waals surface area contributed by atoms with E-state index >= 15 is 0 Å². The number of amides is 1. The molecule has 0 aliphatic carbocycles. The highest BCUT2D eigenvalue weighted by atomic mass is 35.5. The van der Waals surface area contributed by atoms with Crippen molar-refractivity contribution < 1.29 is 13.6 Å². The highest BCUT2D eigenvalue weighted by Crippen LogP contribution is 2.27. The number of carbonyl (C=O) groups is 1. The third kappa shape index (κ3) is 4.37. The van der Waals surface area contributed by atoms with E-state index in [1.54, 1.807) is 18.4 Å². The van der Waals surface area contributed by atoms with Gasteiger partial charge in [-0.15, -0.1) is 24.8 Å². The number of piperidine rings is 1. The highest BCUT2D eigenvalue weighted by Gasteiger charge is 2.34. The van der Waals surface area contributed by atoms with E-state index in [1.807, 2.05) is 6.92 Å². The molecule has 0 aromatic carbocycles. The summed E-state index contributed by atoms with van der Waals surface area (Å²) < 4.78 is 10.9. The Labute approximate surface area is 159 Å². The van der Waals surface area contributed by atoms with Crippen molar-refractivity contribution in [2.45, 2.75) is 57.2 Å². The molecule has 2 aliphatic heterocycles. The molecule has 138 valence electrons. The summed E-state index contributed by atoms with van der Waals surface area (Å²) in [6.07, 6.45) is 6.33. The van der Waals surface area contributed by atoms with Crippen LogP contribution in [0.1, 0.15) is 37.1 Å². The first-order valence-electron chi connectivity index (χ1n) is 8.23. The summed E-state index contributed by atoms with van der Waals surface area (Å²) >= 11 is 0. The van der Waals surface area contributed by atoms with Gasteiger partial charge in [-0.2, -0.15) is 0 Å². The van der Waals surface area contributed by atoms with Gasteiger partial charge in [-0.25, -0.2) is 4.98 Å². The molecule has 2 bridgehead atoms. The van der Waals surface area contributed by atoms with Crippen molar-refractivity contribution in [3.8, 4) is 11.7 Å². The van der Waals surface area contributed by atoms with Crippen LogP contribution in [0.25, 0.3) is 11.7 Å². The van der Waals surface area contributed by atoms with Crippen molar-refractivity contribution in [1.82, 2.24) is 15.6 Å². The molecule has 2 fully saturated rings. The number of hydrogen-bond donors (Lipinski definition) is 2. The Morgan fingerprint density at radius 1 is 1.32 bits per heavy atom. The zero-order chi connectivity index (χ0) is 15.8. The van der Waals surface area contributed by atoms with Gasteiger partial charge in [0.05, 0.1) is 18.4 Å². The fraction of sp³-hybridized carbons (Fsp3) is 0.529. The van der Waals surface area contributed by atoms with Gasteiger partial charge in [0.2, 0.25) is 5.91 Å². The molecule has 0 saturated carbocycles. The van der Waals surface area contributed by atoms with Crippen molar-refractivity contribution in [3.63, 3.8) is 0 Å². The van der Waals surface area contributed by atoms with Crippen LogP contribution in [0, 0.1) is 6.92 Å². The molecule has 8 heteroatoms. The van der Waals surface area contributed by atoms with E-state index in [-0.39, 0.29) is 43.2 Å². The fourth-order valence-electron chi connectivity index (χ4n) is 3.70. The lowest BCUT2D eigenvalue weighted by Gasteiger charge is -2.29. The number of aromatic nitrogens is 1. The Balaban J connectivity index is 0.00000113. The largest absolute Gasteiger partial charge is 0.459 e. The molecule has 2 aromatic heterocycles. The Kier molecular flexibility index (Phi) is 6.54. The fourth-order valence-corrected chi connectivity index (χ4v) is 3.70. The second-order valence-corrected chi connectivity index (χ2v) is 6.55. The number of carbonyl (C=O) groups excluding carboxylic acids is 1. The maximum absolute atomic E-state index is 12.3. The minimum Gasteiger partial charge on any atom is -0.459 e. The molecular formula is C17H23Cl2N3O3. The van der Waals surface area contributed by atoms with Gasteiger partial charge < -0.3 is 19.5 Å². The van der Waals surface area contributed by atoms with Crippen LogP contribution in [0.3, 0.4) is 0 Å².